The zero-order valence-corrected chi connectivity index (χ0v) is 11.2. The van der Waals surface area contributed by atoms with Gasteiger partial charge in [-0.05, 0) is 11.6 Å². The van der Waals surface area contributed by atoms with E-state index in [-0.39, 0.29) is 11.1 Å². The third-order valence-corrected chi connectivity index (χ3v) is 3.21. The summed E-state index contributed by atoms with van der Waals surface area (Å²) in [5, 5.41) is 0. The first kappa shape index (κ1) is 16.0. The number of alkyl halides is 3. The molecule has 0 aromatic heterocycles. The fraction of sp³-hybridized carbons (Fsp3) is 0.133. The maximum Gasteiger partial charge on any atom is 0.416 e. The summed E-state index contributed by atoms with van der Waals surface area (Å²) >= 11 is 0. The van der Waals surface area contributed by atoms with Gasteiger partial charge in [-0.2, -0.15) is 13.2 Å². The van der Waals surface area contributed by atoms with Gasteiger partial charge >= 0.3 is 6.18 Å². The molecule has 0 aliphatic carbocycles. The van der Waals surface area contributed by atoms with Crippen molar-refractivity contribution in [1.82, 2.24) is 0 Å². The standard InChI is InChI=1S/C15H12F4N2O/c16-13-10(7-20)11(15(17,18)19)6-9(14(21)22)12(13)8-4-2-1-3-5-8/h1-6H,7,20H2,(H2,21,22). The van der Waals surface area contributed by atoms with E-state index >= 15 is 0 Å². The van der Waals surface area contributed by atoms with E-state index in [1.54, 1.807) is 18.2 Å². The molecule has 7 heteroatoms. The van der Waals surface area contributed by atoms with E-state index in [1.807, 2.05) is 0 Å². The van der Waals surface area contributed by atoms with Crippen LogP contribution in [0.15, 0.2) is 36.4 Å². The van der Waals surface area contributed by atoms with Gasteiger partial charge in [-0.15, -0.1) is 0 Å². The molecular weight excluding hydrogens is 300 g/mol. The fourth-order valence-electron chi connectivity index (χ4n) is 2.22. The smallest absolute Gasteiger partial charge is 0.366 e. The second-order valence-electron chi connectivity index (χ2n) is 4.57. The number of halogens is 4. The van der Waals surface area contributed by atoms with Crippen LogP contribution in [0.4, 0.5) is 17.6 Å². The SMILES string of the molecule is NCc1c(C(F)(F)F)cc(C(N)=O)c(-c2ccccc2)c1F. The Labute approximate surface area is 123 Å². The second kappa shape index (κ2) is 5.76. The van der Waals surface area contributed by atoms with Crippen molar-refractivity contribution in [2.75, 3.05) is 0 Å². The van der Waals surface area contributed by atoms with Crippen molar-refractivity contribution >= 4 is 5.91 Å². The highest BCUT2D eigenvalue weighted by molar-refractivity contribution is 6.00. The molecule has 2 aromatic rings. The third kappa shape index (κ3) is 2.80. The number of rotatable bonds is 3. The van der Waals surface area contributed by atoms with E-state index in [0.29, 0.717) is 6.07 Å². The first-order valence-corrected chi connectivity index (χ1v) is 6.25. The molecule has 2 rings (SSSR count). The van der Waals surface area contributed by atoms with Gasteiger partial charge in [-0.25, -0.2) is 4.39 Å². The number of carbonyl (C=O) groups excluding carboxylic acids is 1. The molecule has 0 radical (unpaired) electrons. The Morgan fingerprint density at radius 1 is 1.14 bits per heavy atom. The van der Waals surface area contributed by atoms with E-state index in [4.69, 9.17) is 11.5 Å². The number of hydrogen-bond acceptors (Lipinski definition) is 2. The van der Waals surface area contributed by atoms with Crippen LogP contribution in [0.2, 0.25) is 0 Å². The Morgan fingerprint density at radius 3 is 2.18 bits per heavy atom. The predicted octanol–water partition coefficient (Wildman–Crippen LogP) is 3.07. The average molecular weight is 312 g/mol. The lowest BCUT2D eigenvalue weighted by Crippen LogP contribution is -2.20. The molecule has 0 unspecified atom stereocenters. The summed E-state index contributed by atoms with van der Waals surface area (Å²) in [6.07, 6.45) is -4.84. The molecule has 2 aromatic carbocycles. The van der Waals surface area contributed by atoms with Gasteiger partial charge in [0, 0.05) is 17.7 Å². The fourth-order valence-corrected chi connectivity index (χ4v) is 2.22. The minimum Gasteiger partial charge on any atom is -0.366 e. The largest absolute Gasteiger partial charge is 0.416 e. The Morgan fingerprint density at radius 2 is 1.73 bits per heavy atom. The van der Waals surface area contributed by atoms with Crippen molar-refractivity contribution < 1.29 is 22.4 Å². The van der Waals surface area contributed by atoms with Crippen LogP contribution in [-0.2, 0) is 12.7 Å². The summed E-state index contributed by atoms with van der Waals surface area (Å²) < 4.78 is 53.6. The van der Waals surface area contributed by atoms with Crippen molar-refractivity contribution in [3.8, 4) is 11.1 Å². The van der Waals surface area contributed by atoms with Crippen LogP contribution >= 0.6 is 0 Å². The highest BCUT2D eigenvalue weighted by Gasteiger charge is 2.37. The van der Waals surface area contributed by atoms with Crippen molar-refractivity contribution in [2.45, 2.75) is 12.7 Å². The summed E-state index contributed by atoms with van der Waals surface area (Å²) in [5.41, 5.74) is 7.83. The Kier molecular flexibility index (Phi) is 4.18. The molecule has 0 heterocycles. The van der Waals surface area contributed by atoms with Gasteiger partial charge in [0.25, 0.3) is 0 Å². The quantitative estimate of drug-likeness (QED) is 0.855. The number of hydrogen-bond donors (Lipinski definition) is 2. The minimum absolute atomic E-state index is 0.247. The number of carbonyl (C=O) groups is 1. The predicted molar refractivity (Wildman–Crippen MR) is 73.2 cm³/mol. The average Bonchev–Trinajstić information content (AvgIpc) is 2.45. The highest BCUT2D eigenvalue weighted by atomic mass is 19.4. The van der Waals surface area contributed by atoms with Crippen LogP contribution < -0.4 is 11.5 Å². The summed E-state index contributed by atoms with van der Waals surface area (Å²) in [4.78, 5) is 11.5. The van der Waals surface area contributed by atoms with E-state index in [0.717, 1.165) is 0 Å². The monoisotopic (exact) mass is 312 g/mol. The summed E-state index contributed by atoms with van der Waals surface area (Å²) in [6.45, 7) is -0.653. The summed E-state index contributed by atoms with van der Waals surface area (Å²) in [7, 11) is 0. The zero-order chi connectivity index (χ0) is 16.5. The van der Waals surface area contributed by atoms with Crippen LogP contribution in [0.5, 0.6) is 0 Å². The maximum absolute atomic E-state index is 14.6. The van der Waals surface area contributed by atoms with Crippen LogP contribution in [0, 0.1) is 5.82 Å². The lowest BCUT2D eigenvalue weighted by atomic mass is 9.92. The highest BCUT2D eigenvalue weighted by Crippen LogP contribution is 2.38. The molecule has 0 aliphatic rings. The number of nitrogens with two attached hydrogens (primary N) is 2. The number of amides is 1. The summed E-state index contributed by atoms with van der Waals surface area (Å²) in [6, 6.07) is 8.28. The normalized spacial score (nSPS) is 11.5. The third-order valence-electron chi connectivity index (χ3n) is 3.21. The van der Waals surface area contributed by atoms with Gasteiger partial charge in [0.1, 0.15) is 5.82 Å². The maximum atomic E-state index is 14.6. The molecule has 22 heavy (non-hydrogen) atoms. The van der Waals surface area contributed by atoms with Gasteiger partial charge < -0.3 is 11.5 Å². The van der Waals surface area contributed by atoms with Crippen molar-refractivity contribution in [3.05, 3.63) is 58.9 Å². The molecule has 0 saturated heterocycles. The molecule has 0 atom stereocenters. The molecule has 0 aliphatic heterocycles. The Hall–Kier alpha value is -2.41. The van der Waals surface area contributed by atoms with Gasteiger partial charge in [-0.1, -0.05) is 30.3 Å². The number of benzene rings is 2. The molecule has 1 amide bonds. The molecule has 0 saturated carbocycles. The zero-order valence-electron chi connectivity index (χ0n) is 11.2. The Balaban J connectivity index is 2.87. The first-order valence-electron chi connectivity index (χ1n) is 6.25. The molecule has 0 spiro atoms. The van der Waals surface area contributed by atoms with E-state index < -0.39 is 41.1 Å². The molecule has 0 bridgehead atoms. The van der Waals surface area contributed by atoms with Crippen LogP contribution in [0.25, 0.3) is 11.1 Å². The minimum atomic E-state index is -4.84. The molecular formula is C15H12F4N2O. The van der Waals surface area contributed by atoms with Gasteiger partial charge in [0.2, 0.25) is 5.91 Å². The molecule has 0 fully saturated rings. The van der Waals surface area contributed by atoms with E-state index in [2.05, 4.69) is 0 Å². The van der Waals surface area contributed by atoms with Crippen LogP contribution in [0.1, 0.15) is 21.5 Å². The van der Waals surface area contributed by atoms with Crippen molar-refractivity contribution in [3.63, 3.8) is 0 Å². The molecule has 4 N–H and O–H groups in total. The van der Waals surface area contributed by atoms with Crippen molar-refractivity contribution in [2.24, 2.45) is 11.5 Å². The molecule has 3 nitrogen and oxygen atoms in total. The van der Waals surface area contributed by atoms with Crippen LogP contribution in [-0.4, -0.2) is 5.91 Å². The second-order valence-corrected chi connectivity index (χ2v) is 4.57. The van der Waals surface area contributed by atoms with Gasteiger partial charge in [0.15, 0.2) is 0 Å². The van der Waals surface area contributed by atoms with Gasteiger partial charge in [-0.3, -0.25) is 4.79 Å². The van der Waals surface area contributed by atoms with Gasteiger partial charge in [0.05, 0.1) is 11.1 Å². The topological polar surface area (TPSA) is 69.1 Å². The summed E-state index contributed by atoms with van der Waals surface area (Å²) in [5.74, 6) is -2.33. The van der Waals surface area contributed by atoms with E-state index in [1.165, 1.54) is 12.1 Å². The first-order chi connectivity index (χ1) is 10.3. The molecule has 116 valence electrons. The Bertz CT molecular complexity index is 712. The lowest BCUT2D eigenvalue weighted by Gasteiger charge is -2.18. The van der Waals surface area contributed by atoms with Crippen LogP contribution in [0.3, 0.4) is 0 Å². The lowest BCUT2D eigenvalue weighted by molar-refractivity contribution is -0.138. The number of primary amides is 1. The van der Waals surface area contributed by atoms with E-state index in [9.17, 15) is 22.4 Å². The van der Waals surface area contributed by atoms with Crippen molar-refractivity contribution in [1.29, 1.82) is 0 Å².